The third kappa shape index (κ3) is 4.97. The average Bonchev–Trinajstić information content (AvgIpc) is 2.38. The molecule has 0 aromatic heterocycles. The van der Waals surface area contributed by atoms with Crippen LogP contribution in [0.5, 0.6) is 0 Å². The highest BCUT2D eigenvalue weighted by Gasteiger charge is 2.12. The van der Waals surface area contributed by atoms with Crippen molar-refractivity contribution in [3.8, 4) is 0 Å². The minimum atomic E-state index is -0.761. The Balaban J connectivity index is 1.90. The number of nitrogens with one attached hydrogen (secondary N) is 1. The molecular formula is C17H25NO2. The summed E-state index contributed by atoms with van der Waals surface area (Å²) in [6.07, 6.45) is 9.34. The molecular weight excluding hydrogens is 250 g/mol. The third-order valence-electron chi connectivity index (χ3n) is 4.15. The van der Waals surface area contributed by atoms with Gasteiger partial charge in [-0.3, -0.25) is 4.79 Å². The van der Waals surface area contributed by atoms with E-state index in [4.69, 9.17) is 5.11 Å². The van der Waals surface area contributed by atoms with Gasteiger partial charge in [-0.15, -0.1) is 0 Å². The standard InChI is InChI=1S/C17H25NO2/c19-17(20)12-14-8-6-7-9-15(14)13-18-16-10-4-2-1-3-5-11-16/h6-9,16,18H,1-5,10-13H2,(H,19,20). The molecule has 0 aliphatic heterocycles. The zero-order valence-corrected chi connectivity index (χ0v) is 12.1. The summed E-state index contributed by atoms with van der Waals surface area (Å²) in [6, 6.07) is 8.45. The summed E-state index contributed by atoms with van der Waals surface area (Å²) in [4.78, 5) is 10.9. The van der Waals surface area contributed by atoms with Crippen molar-refractivity contribution in [3.63, 3.8) is 0 Å². The van der Waals surface area contributed by atoms with E-state index in [2.05, 4.69) is 5.32 Å². The molecule has 1 aromatic rings. The average molecular weight is 275 g/mol. The molecule has 0 atom stereocenters. The smallest absolute Gasteiger partial charge is 0.307 e. The molecule has 0 saturated heterocycles. The predicted octanol–water partition coefficient (Wildman–Crippen LogP) is 3.52. The van der Waals surface area contributed by atoms with Crippen LogP contribution in [-0.2, 0) is 17.8 Å². The summed E-state index contributed by atoms with van der Waals surface area (Å²) in [6.45, 7) is 0.786. The lowest BCUT2D eigenvalue weighted by Crippen LogP contribution is -2.29. The predicted molar refractivity (Wildman–Crippen MR) is 80.7 cm³/mol. The first-order valence-electron chi connectivity index (χ1n) is 7.77. The quantitative estimate of drug-likeness (QED) is 0.864. The molecule has 2 N–H and O–H groups in total. The first kappa shape index (κ1) is 15.0. The molecule has 3 heteroatoms. The van der Waals surface area contributed by atoms with E-state index in [1.807, 2.05) is 24.3 Å². The Labute approximate surface area is 121 Å². The fraction of sp³-hybridized carbons (Fsp3) is 0.588. The lowest BCUT2D eigenvalue weighted by atomic mass is 9.96. The van der Waals surface area contributed by atoms with E-state index in [1.165, 1.54) is 44.9 Å². The molecule has 1 aliphatic carbocycles. The number of benzene rings is 1. The van der Waals surface area contributed by atoms with Gasteiger partial charge in [-0.05, 0) is 24.0 Å². The van der Waals surface area contributed by atoms with Crippen molar-refractivity contribution in [2.24, 2.45) is 0 Å². The highest BCUT2D eigenvalue weighted by molar-refractivity contribution is 5.70. The van der Waals surface area contributed by atoms with Crippen LogP contribution in [0.2, 0.25) is 0 Å². The van der Waals surface area contributed by atoms with E-state index in [0.717, 1.165) is 17.7 Å². The van der Waals surface area contributed by atoms with Crippen LogP contribution in [0.1, 0.15) is 56.1 Å². The summed E-state index contributed by atoms with van der Waals surface area (Å²) in [5.41, 5.74) is 2.05. The molecule has 1 fully saturated rings. The van der Waals surface area contributed by atoms with Gasteiger partial charge in [-0.2, -0.15) is 0 Å². The second kappa shape index (κ2) is 8.05. The Hall–Kier alpha value is -1.35. The number of carbonyl (C=O) groups is 1. The number of carboxylic acids is 1. The first-order valence-corrected chi connectivity index (χ1v) is 7.77. The molecule has 0 heterocycles. The summed E-state index contributed by atoms with van der Waals surface area (Å²) in [5.74, 6) is -0.761. The van der Waals surface area contributed by atoms with Gasteiger partial charge in [0.25, 0.3) is 0 Å². The molecule has 2 rings (SSSR count). The van der Waals surface area contributed by atoms with Crippen LogP contribution >= 0.6 is 0 Å². The largest absolute Gasteiger partial charge is 0.481 e. The molecule has 1 aliphatic rings. The van der Waals surface area contributed by atoms with Crippen molar-refractivity contribution < 1.29 is 9.90 Å². The van der Waals surface area contributed by atoms with Crippen LogP contribution in [0, 0.1) is 0 Å². The second-order valence-corrected chi connectivity index (χ2v) is 5.76. The Morgan fingerprint density at radius 3 is 2.30 bits per heavy atom. The van der Waals surface area contributed by atoms with Gasteiger partial charge >= 0.3 is 5.97 Å². The molecule has 0 amide bonds. The third-order valence-corrected chi connectivity index (χ3v) is 4.15. The van der Waals surface area contributed by atoms with E-state index in [1.54, 1.807) is 0 Å². The normalized spacial score (nSPS) is 17.4. The maximum absolute atomic E-state index is 10.9. The molecule has 3 nitrogen and oxygen atoms in total. The number of aliphatic carboxylic acids is 1. The van der Waals surface area contributed by atoms with E-state index in [9.17, 15) is 4.79 Å². The van der Waals surface area contributed by atoms with Crippen LogP contribution < -0.4 is 5.32 Å². The van der Waals surface area contributed by atoms with Crippen molar-refractivity contribution in [1.82, 2.24) is 5.32 Å². The van der Waals surface area contributed by atoms with Crippen LogP contribution in [0.3, 0.4) is 0 Å². The van der Waals surface area contributed by atoms with E-state index in [-0.39, 0.29) is 6.42 Å². The summed E-state index contributed by atoms with van der Waals surface area (Å²) in [5, 5.41) is 12.6. The monoisotopic (exact) mass is 275 g/mol. The van der Waals surface area contributed by atoms with Crippen molar-refractivity contribution in [2.45, 2.75) is 64.0 Å². The van der Waals surface area contributed by atoms with Crippen molar-refractivity contribution in [2.75, 3.05) is 0 Å². The molecule has 1 saturated carbocycles. The number of carboxylic acid groups (broad SMARTS) is 1. The SMILES string of the molecule is O=C(O)Cc1ccccc1CNC1CCCCCCC1. The van der Waals surface area contributed by atoms with Crippen molar-refractivity contribution >= 4 is 5.97 Å². The molecule has 110 valence electrons. The number of hydrogen-bond acceptors (Lipinski definition) is 2. The van der Waals surface area contributed by atoms with E-state index >= 15 is 0 Å². The van der Waals surface area contributed by atoms with Crippen LogP contribution in [0.25, 0.3) is 0 Å². The first-order chi connectivity index (χ1) is 9.75. The highest BCUT2D eigenvalue weighted by Crippen LogP contribution is 2.18. The lowest BCUT2D eigenvalue weighted by Gasteiger charge is -2.21. The Kier molecular flexibility index (Phi) is 6.06. The van der Waals surface area contributed by atoms with Gasteiger partial charge in [0.1, 0.15) is 0 Å². The maximum Gasteiger partial charge on any atom is 0.307 e. The number of rotatable bonds is 5. The lowest BCUT2D eigenvalue weighted by molar-refractivity contribution is -0.136. The van der Waals surface area contributed by atoms with E-state index < -0.39 is 5.97 Å². The molecule has 0 radical (unpaired) electrons. The fourth-order valence-corrected chi connectivity index (χ4v) is 2.98. The van der Waals surface area contributed by atoms with Gasteiger partial charge in [0.15, 0.2) is 0 Å². The minimum Gasteiger partial charge on any atom is -0.481 e. The van der Waals surface area contributed by atoms with Gasteiger partial charge in [-0.1, -0.05) is 56.4 Å². The topological polar surface area (TPSA) is 49.3 Å². The summed E-state index contributed by atoms with van der Waals surface area (Å²) in [7, 11) is 0. The Morgan fingerprint density at radius 2 is 1.65 bits per heavy atom. The zero-order valence-electron chi connectivity index (χ0n) is 12.1. The minimum absolute atomic E-state index is 0.114. The Morgan fingerprint density at radius 1 is 1.05 bits per heavy atom. The van der Waals surface area contributed by atoms with Gasteiger partial charge in [0, 0.05) is 12.6 Å². The van der Waals surface area contributed by atoms with Crippen LogP contribution in [0.15, 0.2) is 24.3 Å². The summed E-state index contributed by atoms with van der Waals surface area (Å²) >= 11 is 0. The zero-order chi connectivity index (χ0) is 14.2. The molecule has 0 spiro atoms. The molecule has 1 aromatic carbocycles. The van der Waals surface area contributed by atoms with Gasteiger partial charge < -0.3 is 10.4 Å². The van der Waals surface area contributed by atoms with Crippen LogP contribution in [-0.4, -0.2) is 17.1 Å². The highest BCUT2D eigenvalue weighted by atomic mass is 16.4. The molecule has 20 heavy (non-hydrogen) atoms. The summed E-state index contributed by atoms with van der Waals surface area (Å²) < 4.78 is 0. The molecule has 0 bridgehead atoms. The van der Waals surface area contributed by atoms with Crippen molar-refractivity contribution in [3.05, 3.63) is 35.4 Å². The second-order valence-electron chi connectivity index (χ2n) is 5.76. The van der Waals surface area contributed by atoms with Gasteiger partial charge in [0.05, 0.1) is 6.42 Å². The van der Waals surface area contributed by atoms with Crippen molar-refractivity contribution in [1.29, 1.82) is 0 Å². The van der Waals surface area contributed by atoms with Gasteiger partial charge in [0.2, 0.25) is 0 Å². The maximum atomic E-state index is 10.9. The number of hydrogen-bond donors (Lipinski definition) is 2. The van der Waals surface area contributed by atoms with Gasteiger partial charge in [-0.25, -0.2) is 0 Å². The fourth-order valence-electron chi connectivity index (χ4n) is 2.98. The van der Waals surface area contributed by atoms with Crippen LogP contribution in [0.4, 0.5) is 0 Å². The van der Waals surface area contributed by atoms with E-state index in [0.29, 0.717) is 6.04 Å². The molecule has 0 unspecified atom stereocenters. The Bertz CT molecular complexity index is 423.